The van der Waals surface area contributed by atoms with Gasteiger partial charge in [-0.05, 0) is 23.1 Å². The summed E-state index contributed by atoms with van der Waals surface area (Å²) in [6.45, 7) is 4.45. The Bertz CT molecular complexity index is 802. The van der Waals surface area contributed by atoms with Crippen LogP contribution < -0.4 is 0 Å². The molecule has 24 heavy (non-hydrogen) atoms. The van der Waals surface area contributed by atoms with E-state index in [2.05, 4.69) is 41.3 Å². The minimum atomic E-state index is 0.176. The van der Waals surface area contributed by atoms with Gasteiger partial charge in [0, 0.05) is 37.4 Å². The zero-order valence-corrected chi connectivity index (χ0v) is 14.3. The molecule has 1 aliphatic rings. The molecular weight excluding hydrogens is 316 g/mol. The van der Waals surface area contributed by atoms with Crippen molar-refractivity contribution in [2.75, 3.05) is 26.2 Å². The van der Waals surface area contributed by atoms with Crippen LogP contribution in [0.3, 0.4) is 0 Å². The summed E-state index contributed by atoms with van der Waals surface area (Å²) in [6.07, 6.45) is 0. The first-order valence-electron chi connectivity index (χ1n) is 8.34. The topological polar surface area (TPSA) is 23.6 Å². The fraction of sp³-hybridized carbons (Fsp3) is 0.250. The lowest BCUT2D eigenvalue weighted by molar-refractivity contribution is 0.0633. The predicted molar refractivity (Wildman–Crippen MR) is 99.4 cm³/mol. The maximum absolute atomic E-state index is 12.8. The van der Waals surface area contributed by atoms with E-state index in [1.165, 1.54) is 10.3 Å². The number of hydrogen-bond donors (Lipinski definition) is 0. The van der Waals surface area contributed by atoms with Crippen LogP contribution in [-0.4, -0.2) is 41.9 Å². The van der Waals surface area contributed by atoms with Gasteiger partial charge in [0.15, 0.2) is 0 Å². The predicted octanol–water partition coefficient (Wildman–Crippen LogP) is 3.86. The summed E-state index contributed by atoms with van der Waals surface area (Å²) in [5, 5.41) is 1.16. The molecule has 3 aromatic rings. The third kappa shape index (κ3) is 3.21. The van der Waals surface area contributed by atoms with Gasteiger partial charge in [-0.2, -0.15) is 0 Å². The van der Waals surface area contributed by atoms with E-state index >= 15 is 0 Å². The fourth-order valence-electron chi connectivity index (χ4n) is 3.19. The summed E-state index contributed by atoms with van der Waals surface area (Å²) in [7, 11) is 0. The molecule has 122 valence electrons. The molecule has 0 saturated carbocycles. The highest BCUT2D eigenvalue weighted by Gasteiger charge is 2.23. The molecule has 1 fully saturated rings. The van der Waals surface area contributed by atoms with Crippen LogP contribution in [0.5, 0.6) is 0 Å². The monoisotopic (exact) mass is 336 g/mol. The molecule has 0 bridgehead atoms. The molecule has 0 atom stereocenters. The molecule has 1 amide bonds. The van der Waals surface area contributed by atoms with Crippen molar-refractivity contribution in [3.63, 3.8) is 0 Å². The molecule has 0 unspecified atom stereocenters. The summed E-state index contributed by atoms with van der Waals surface area (Å²) >= 11 is 1.60. The fourth-order valence-corrected chi connectivity index (χ4v) is 4.22. The number of amides is 1. The molecular formula is C20H20N2OS. The molecule has 2 aromatic carbocycles. The number of carbonyl (C=O) groups excluding carboxylic acids is 1. The van der Waals surface area contributed by atoms with E-state index in [1.54, 1.807) is 11.3 Å². The van der Waals surface area contributed by atoms with Crippen LogP contribution >= 0.6 is 11.3 Å². The average molecular weight is 336 g/mol. The number of thiophene rings is 1. The first-order valence-corrected chi connectivity index (χ1v) is 9.15. The van der Waals surface area contributed by atoms with Crippen LogP contribution in [0.25, 0.3) is 10.1 Å². The third-order valence-corrected chi connectivity index (χ3v) is 5.65. The summed E-state index contributed by atoms with van der Waals surface area (Å²) in [4.78, 5) is 18.0. The van der Waals surface area contributed by atoms with Crippen LogP contribution in [0.2, 0.25) is 0 Å². The van der Waals surface area contributed by atoms with Gasteiger partial charge < -0.3 is 4.90 Å². The van der Waals surface area contributed by atoms with Crippen molar-refractivity contribution in [3.05, 3.63) is 71.1 Å². The highest BCUT2D eigenvalue weighted by molar-refractivity contribution is 7.20. The van der Waals surface area contributed by atoms with Gasteiger partial charge in [-0.25, -0.2) is 0 Å². The minimum Gasteiger partial charge on any atom is -0.335 e. The largest absolute Gasteiger partial charge is 0.335 e. The number of nitrogens with zero attached hydrogens (tertiary/aromatic N) is 2. The van der Waals surface area contributed by atoms with E-state index in [9.17, 15) is 4.79 Å². The Morgan fingerprint density at radius 1 is 0.917 bits per heavy atom. The highest BCUT2D eigenvalue weighted by Crippen LogP contribution is 2.26. The van der Waals surface area contributed by atoms with Crippen molar-refractivity contribution in [2.45, 2.75) is 6.54 Å². The second-order valence-electron chi connectivity index (χ2n) is 6.20. The van der Waals surface area contributed by atoms with E-state index in [-0.39, 0.29) is 5.91 Å². The smallest absolute Gasteiger partial charge is 0.264 e. The van der Waals surface area contributed by atoms with Gasteiger partial charge in [0.2, 0.25) is 0 Å². The van der Waals surface area contributed by atoms with Crippen molar-refractivity contribution in [1.82, 2.24) is 9.80 Å². The minimum absolute atomic E-state index is 0.176. The van der Waals surface area contributed by atoms with Crippen LogP contribution in [0, 0.1) is 0 Å². The van der Waals surface area contributed by atoms with E-state index in [4.69, 9.17) is 0 Å². The van der Waals surface area contributed by atoms with Crippen LogP contribution in [0.4, 0.5) is 0 Å². The van der Waals surface area contributed by atoms with E-state index in [0.717, 1.165) is 43.0 Å². The molecule has 0 aliphatic carbocycles. The van der Waals surface area contributed by atoms with Crippen molar-refractivity contribution >= 4 is 27.3 Å². The second kappa shape index (κ2) is 6.75. The lowest BCUT2D eigenvalue weighted by Gasteiger charge is -2.34. The SMILES string of the molecule is O=C(c1cc2ccccc2s1)N1CCN(Cc2ccccc2)CC1. The Labute approximate surface area is 146 Å². The molecule has 3 nitrogen and oxygen atoms in total. The van der Waals surface area contributed by atoms with Crippen LogP contribution in [0.15, 0.2) is 60.7 Å². The standard InChI is InChI=1S/C20H20N2OS/c23-20(19-14-17-8-4-5-9-18(17)24-19)22-12-10-21(11-13-22)15-16-6-2-1-3-7-16/h1-9,14H,10-13,15H2. The quantitative estimate of drug-likeness (QED) is 0.725. The van der Waals surface area contributed by atoms with Gasteiger partial charge in [0.25, 0.3) is 5.91 Å². The Balaban J connectivity index is 1.39. The first kappa shape index (κ1) is 15.4. The summed E-state index contributed by atoms with van der Waals surface area (Å²) in [6, 6.07) is 20.7. The molecule has 1 saturated heterocycles. The van der Waals surface area contributed by atoms with Gasteiger partial charge in [-0.15, -0.1) is 11.3 Å². The number of benzene rings is 2. The number of hydrogen-bond acceptors (Lipinski definition) is 3. The van der Waals surface area contributed by atoms with Crippen molar-refractivity contribution in [3.8, 4) is 0 Å². The molecule has 0 radical (unpaired) electrons. The van der Waals surface area contributed by atoms with Crippen LogP contribution in [0.1, 0.15) is 15.2 Å². The Morgan fingerprint density at radius 3 is 2.38 bits per heavy atom. The molecule has 0 N–H and O–H groups in total. The zero-order valence-electron chi connectivity index (χ0n) is 13.5. The van der Waals surface area contributed by atoms with Crippen molar-refractivity contribution < 1.29 is 4.79 Å². The van der Waals surface area contributed by atoms with E-state index in [1.807, 2.05) is 29.2 Å². The normalized spacial score (nSPS) is 15.8. The maximum atomic E-state index is 12.8. The Hall–Kier alpha value is -2.17. The number of carbonyl (C=O) groups is 1. The van der Waals surface area contributed by atoms with Crippen molar-refractivity contribution in [2.24, 2.45) is 0 Å². The highest BCUT2D eigenvalue weighted by atomic mass is 32.1. The summed E-state index contributed by atoms with van der Waals surface area (Å²) < 4.78 is 1.18. The van der Waals surface area contributed by atoms with Gasteiger partial charge in [0.1, 0.15) is 0 Å². The van der Waals surface area contributed by atoms with Gasteiger partial charge >= 0.3 is 0 Å². The number of piperazine rings is 1. The molecule has 4 heteroatoms. The third-order valence-electron chi connectivity index (χ3n) is 4.54. The van der Waals surface area contributed by atoms with Gasteiger partial charge in [-0.3, -0.25) is 9.69 Å². The van der Waals surface area contributed by atoms with Gasteiger partial charge in [-0.1, -0.05) is 48.5 Å². The Morgan fingerprint density at radius 2 is 1.62 bits per heavy atom. The lowest BCUT2D eigenvalue weighted by atomic mass is 10.2. The summed E-state index contributed by atoms with van der Waals surface area (Å²) in [5.41, 5.74) is 1.33. The molecule has 4 rings (SSSR count). The van der Waals surface area contributed by atoms with Crippen LogP contribution in [-0.2, 0) is 6.54 Å². The zero-order chi connectivity index (χ0) is 16.4. The molecule has 1 aliphatic heterocycles. The number of rotatable bonds is 3. The molecule has 2 heterocycles. The summed E-state index contributed by atoms with van der Waals surface area (Å²) in [5.74, 6) is 0.176. The lowest BCUT2D eigenvalue weighted by Crippen LogP contribution is -2.48. The Kier molecular flexibility index (Phi) is 4.32. The first-order chi connectivity index (χ1) is 11.8. The number of fused-ring (bicyclic) bond motifs is 1. The van der Waals surface area contributed by atoms with E-state index in [0.29, 0.717) is 0 Å². The maximum Gasteiger partial charge on any atom is 0.264 e. The van der Waals surface area contributed by atoms with Gasteiger partial charge in [0.05, 0.1) is 4.88 Å². The second-order valence-corrected chi connectivity index (χ2v) is 7.29. The van der Waals surface area contributed by atoms with E-state index < -0.39 is 0 Å². The van der Waals surface area contributed by atoms with Crippen molar-refractivity contribution in [1.29, 1.82) is 0 Å². The molecule has 0 spiro atoms. The molecule has 1 aromatic heterocycles. The average Bonchev–Trinajstić information content (AvgIpc) is 3.07.